The van der Waals surface area contributed by atoms with Crippen molar-refractivity contribution in [2.45, 2.75) is 19.9 Å². The van der Waals surface area contributed by atoms with E-state index in [0.717, 1.165) is 23.3 Å². The highest BCUT2D eigenvalue weighted by atomic mass is 16.2. The fraction of sp³-hybridized carbons (Fsp3) is 0.294. The van der Waals surface area contributed by atoms with Gasteiger partial charge in [0.15, 0.2) is 0 Å². The van der Waals surface area contributed by atoms with Gasteiger partial charge in [-0.1, -0.05) is 31.2 Å². The maximum atomic E-state index is 12.5. The number of carbonyl (C=O) groups is 1. The Balaban J connectivity index is 2.31. The summed E-state index contributed by atoms with van der Waals surface area (Å²) in [5.74, 6) is 0.981. The van der Waals surface area contributed by atoms with Gasteiger partial charge in [0, 0.05) is 19.5 Å². The van der Waals surface area contributed by atoms with Crippen molar-refractivity contribution in [1.29, 1.82) is 0 Å². The second-order valence-electron chi connectivity index (χ2n) is 4.83. The number of hydrogen-bond acceptors (Lipinski definition) is 2. The van der Waals surface area contributed by atoms with Gasteiger partial charge in [-0.25, -0.2) is 4.98 Å². The molecule has 110 valence electrons. The van der Waals surface area contributed by atoms with Crippen molar-refractivity contribution in [3.05, 3.63) is 55.4 Å². The van der Waals surface area contributed by atoms with Gasteiger partial charge in [0.25, 0.3) is 0 Å². The lowest BCUT2D eigenvalue weighted by molar-refractivity contribution is -0.130. The summed E-state index contributed by atoms with van der Waals surface area (Å²) in [7, 11) is 0. The van der Waals surface area contributed by atoms with Crippen molar-refractivity contribution in [2.75, 3.05) is 13.1 Å². The number of nitrogens with zero attached hydrogens (tertiary/aromatic N) is 3. The van der Waals surface area contributed by atoms with Crippen LogP contribution in [0.25, 0.3) is 11.0 Å². The summed E-state index contributed by atoms with van der Waals surface area (Å²) in [4.78, 5) is 18.8. The summed E-state index contributed by atoms with van der Waals surface area (Å²) in [5, 5.41) is 0. The highest BCUT2D eigenvalue weighted by molar-refractivity contribution is 5.81. The number of rotatable bonds is 7. The zero-order valence-electron chi connectivity index (χ0n) is 12.5. The molecule has 0 radical (unpaired) electrons. The number of fused-ring (bicyclic) bond motifs is 1. The van der Waals surface area contributed by atoms with Crippen LogP contribution in [-0.4, -0.2) is 33.4 Å². The molecule has 0 saturated heterocycles. The molecule has 0 spiro atoms. The predicted octanol–water partition coefficient (Wildman–Crippen LogP) is 2.80. The predicted molar refractivity (Wildman–Crippen MR) is 86.1 cm³/mol. The standard InChI is InChI=1S/C17H21N3O/c1-4-11-19(12-5-2)17(21)13-20-15-10-8-7-9-14(15)18-16(20)6-3/h4-5,7-10H,1-2,6,11-13H2,3H3. The van der Waals surface area contributed by atoms with Crippen molar-refractivity contribution in [3.63, 3.8) is 0 Å². The minimum Gasteiger partial charge on any atom is -0.334 e. The largest absolute Gasteiger partial charge is 0.334 e. The lowest BCUT2D eigenvalue weighted by Gasteiger charge is -2.20. The van der Waals surface area contributed by atoms with Gasteiger partial charge >= 0.3 is 0 Å². The minimum absolute atomic E-state index is 0.0488. The monoisotopic (exact) mass is 283 g/mol. The SMILES string of the molecule is C=CCN(CC=C)C(=O)Cn1c(CC)nc2ccccc21. The second kappa shape index (κ2) is 6.88. The molecule has 0 unspecified atom stereocenters. The Morgan fingerprint density at radius 2 is 1.95 bits per heavy atom. The van der Waals surface area contributed by atoms with Crippen molar-refractivity contribution < 1.29 is 4.79 Å². The number of aryl methyl sites for hydroxylation is 1. The minimum atomic E-state index is 0.0488. The number of amides is 1. The van der Waals surface area contributed by atoms with Gasteiger partial charge in [0.1, 0.15) is 12.4 Å². The maximum Gasteiger partial charge on any atom is 0.243 e. The summed E-state index contributed by atoms with van der Waals surface area (Å²) >= 11 is 0. The van der Waals surface area contributed by atoms with Crippen LogP contribution in [0.1, 0.15) is 12.7 Å². The van der Waals surface area contributed by atoms with Crippen LogP contribution >= 0.6 is 0 Å². The fourth-order valence-electron chi connectivity index (χ4n) is 2.40. The Bertz CT molecular complexity index is 647. The van der Waals surface area contributed by atoms with E-state index in [-0.39, 0.29) is 5.91 Å². The van der Waals surface area contributed by atoms with Crippen LogP contribution in [0.15, 0.2) is 49.6 Å². The highest BCUT2D eigenvalue weighted by Crippen LogP contribution is 2.16. The second-order valence-corrected chi connectivity index (χ2v) is 4.83. The molecule has 21 heavy (non-hydrogen) atoms. The molecule has 0 atom stereocenters. The molecule has 4 heteroatoms. The van der Waals surface area contributed by atoms with Crippen LogP contribution in [0.2, 0.25) is 0 Å². The zero-order chi connectivity index (χ0) is 15.2. The molecule has 2 aromatic rings. The smallest absolute Gasteiger partial charge is 0.243 e. The molecular weight excluding hydrogens is 262 g/mol. The fourth-order valence-corrected chi connectivity index (χ4v) is 2.40. The van der Waals surface area contributed by atoms with Gasteiger partial charge in [0.05, 0.1) is 11.0 Å². The zero-order valence-corrected chi connectivity index (χ0v) is 12.5. The molecule has 0 N–H and O–H groups in total. The topological polar surface area (TPSA) is 38.1 Å². The Kier molecular flexibility index (Phi) is 4.93. The number of hydrogen-bond donors (Lipinski definition) is 0. The molecule has 1 heterocycles. The van der Waals surface area contributed by atoms with Crippen molar-refractivity contribution >= 4 is 16.9 Å². The third-order valence-corrected chi connectivity index (χ3v) is 3.39. The van der Waals surface area contributed by atoms with Gasteiger partial charge in [-0.3, -0.25) is 4.79 Å². The van der Waals surface area contributed by atoms with Crippen molar-refractivity contribution in [1.82, 2.24) is 14.5 Å². The number of benzene rings is 1. The van der Waals surface area contributed by atoms with Gasteiger partial charge < -0.3 is 9.47 Å². The molecule has 1 aromatic carbocycles. The molecular formula is C17H21N3O. The van der Waals surface area contributed by atoms with Crippen LogP contribution < -0.4 is 0 Å². The van der Waals surface area contributed by atoms with Crippen LogP contribution in [0.4, 0.5) is 0 Å². The first-order valence-electron chi connectivity index (χ1n) is 7.15. The molecule has 0 saturated carbocycles. The van der Waals surface area contributed by atoms with E-state index in [0.29, 0.717) is 19.6 Å². The number of para-hydroxylation sites is 2. The van der Waals surface area contributed by atoms with E-state index in [1.807, 2.05) is 35.8 Å². The van der Waals surface area contributed by atoms with Crippen molar-refractivity contribution in [3.8, 4) is 0 Å². The van der Waals surface area contributed by atoms with Gasteiger partial charge in [-0.15, -0.1) is 13.2 Å². The van der Waals surface area contributed by atoms with Crippen LogP contribution in [0.3, 0.4) is 0 Å². The van der Waals surface area contributed by atoms with E-state index >= 15 is 0 Å². The van der Waals surface area contributed by atoms with Gasteiger partial charge in [0.2, 0.25) is 5.91 Å². The Labute approximate surface area is 125 Å². The van der Waals surface area contributed by atoms with Crippen molar-refractivity contribution in [2.24, 2.45) is 0 Å². The number of imidazole rings is 1. The van der Waals surface area contributed by atoms with Gasteiger partial charge in [-0.2, -0.15) is 0 Å². The Morgan fingerprint density at radius 1 is 1.29 bits per heavy atom. The Morgan fingerprint density at radius 3 is 2.57 bits per heavy atom. The number of aromatic nitrogens is 2. The van der Waals surface area contributed by atoms with E-state index in [1.165, 1.54) is 0 Å². The lowest BCUT2D eigenvalue weighted by Crippen LogP contribution is -2.34. The molecule has 0 aliphatic carbocycles. The Hall–Kier alpha value is -2.36. The molecule has 4 nitrogen and oxygen atoms in total. The number of carbonyl (C=O) groups excluding carboxylic acids is 1. The average molecular weight is 283 g/mol. The molecule has 1 amide bonds. The summed E-state index contributed by atoms with van der Waals surface area (Å²) in [6, 6.07) is 7.90. The summed E-state index contributed by atoms with van der Waals surface area (Å²) < 4.78 is 2.00. The molecule has 0 aliphatic heterocycles. The third kappa shape index (κ3) is 3.21. The molecule has 1 aromatic heterocycles. The van der Waals surface area contributed by atoms with E-state index in [2.05, 4.69) is 18.1 Å². The van der Waals surface area contributed by atoms with Crippen LogP contribution in [0, 0.1) is 0 Å². The molecule has 0 fully saturated rings. The van der Waals surface area contributed by atoms with E-state index in [4.69, 9.17) is 0 Å². The lowest BCUT2D eigenvalue weighted by atomic mass is 10.3. The molecule has 0 bridgehead atoms. The first-order chi connectivity index (χ1) is 10.2. The summed E-state index contributed by atoms with van der Waals surface area (Å²) in [6.45, 7) is 10.8. The average Bonchev–Trinajstić information content (AvgIpc) is 2.85. The highest BCUT2D eigenvalue weighted by Gasteiger charge is 2.16. The first kappa shape index (κ1) is 15.0. The maximum absolute atomic E-state index is 12.5. The normalized spacial score (nSPS) is 10.5. The quantitative estimate of drug-likeness (QED) is 0.733. The summed E-state index contributed by atoms with van der Waals surface area (Å²) in [6.07, 6.45) is 4.26. The molecule has 2 rings (SSSR count). The van der Waals surface area contributed by atoms with E-state index < -0.39 is 0 Å². The first-order valence-corrected chi connectivity index (χ1v) is 7.15. The molecule has 0 aliphatic rings. The third-order valence-electron chi connectivity index (χ3n) is 3.39. The van der Waals surface area contributed by atoms with E-state index in [1.54, 1.807) is 17.1 Å². The van der Waals surface area contributed by atoms with Crippen LogP contribution in [-0.2, 0) is 17.8 Å². The summed E-state index contributed by atoms with van der Waals surface area (Å²) in [5.41, 5.74) is 1.93. The van der Waals surface area contributed by atoms with E-state index in [9.17, 15) is 4.79 Å². The van der Waals surface area contributed by atoms with Crippen LogP contribution in [0.5, 0.6) is 0 Å². The van der Waals surface area contributed by atoms with Gasteiger partial charge in [-0.05, 0) is 12.1 Å².